The Hall–Kier alpha value is -4.44. The van der Waals surface area contributed by atoms with Gasteiger partial charge in [-0.25, -0.2) is 9.97 Å². The molecule has 0 saturated heterocycles. The monoisotopic (exact) mass is 393 g/mol. The number of fused-ring (bicyclic) bond motifs is 2. The van der Waals surface area contributed by atoms with Crippen molar-refractivity contribution in [3.8, 4) is 6.07 Å². The summed E-state index contributed by atoms with van der Waals surface area (Å²) in [6.07, 6.45) is 1.43. The van der Waals surface area contributed by atoms with Crippen LogP contribution in [0.3, 0.4) is 0 Å². The molecular formula is C23H15N5O2. The molecule has 1 N–H and O–H groups in total. The van der Waals surface area contributed by atoms with Gasteiger partial charge >= 0.3 is 0 Å². The molecule has 3 aromatic heterocycles. The van der Waals surface area contributed by atoms with Gasteiger partial charge in [0.25, 0.3) is 5.91 Å². The average Bonchev–Trinajstić information content (AvgIpc) is 3.41. The van der Waals surface area contributed by atoms with Gasteiger partial charge in [-0.2, -0.15) is 5.26 Å². The number of aromatic nitrogens is 3. The fourth-order valence-corrected chi connectivity index (χ4v) is 3.43. The summed E-state index contributed by atoms with van der Waals surface area (Å²) < 4.78 is 7.01. The van der Waals surface area contributed by atoms with E-state index in [4.69, 9.17) is 9.40 Å². The number of hydrogen-bond acceptors (Lipinski definition) is 5. The van der Waals surface area contributed by atoms with Crippen molar-refractivity contribution in [2.24, 2.45) is 0 Å². The molecule has 3 heterocycles. The molecule has 30 heavy (non-hydrogen) atoms. The maximum absolute atomic E-state index is 12.7. The summed E-state index contributed by atoms with van der Waals surface area (Å²) in [4.78, 5) is 22.1. The number of benzene rings is 2. The number of nitrogens with zero attached hydrogens (tertiary/aromatic N) is 4. The lowest BCUT2D eigenvalue weighted by Gasteiger charge is -2.11. The topological polar surface area (TPSA) is 96.7 Å². The number of para-hydroxylation sites is 2. The highest BCUT2D eigenvalue weighted by molar-refractivity contribution is 6.05. The van der Waals surface area contributed by atoms with Gasteiger partial charge in [0, 0.05) is 0 Å². The molecule has 7 nitrogen and oxygen atoms in total. The van der Waals surface area contributed by atoms with Crippen LogP contribution in [-0.2, 0) is 6.54 Å². The largest absolute Gasteiger partial charge is 0.459 e. The third kappa shape index (κ3) is 2.97. The quantitative estimate of drug-likeness (QED) is 0.490. The van der Waals surface area contributed by atoms with Crippen molar-refractivity contribution < 1.29 is 9.21 Å². The Bertz CT molecular complexity index is 1410. The molecule has 0 aliphatic heterocycles. The van der Waals surface area contributed by atoms with E-state index in [1.165, 1.54) is 6.26 Å². The zero-order chi connectivity index (χ0) is 20.5. The highest BCUT2D eigenvalue weighted by Crippen LogP contribution is 2.30. The van der Waals surface area contributed by atoms with Gasteiger partial charge in [-0.3, -0.25) is 4.79 Å². The molecule has 7 heteroatoms. The Morgan fingerprint density at radius 3 is 2.43 bits per heavy atom. The summed E-state index contributed by atoms with van der Waals surface area (Å²) in [6, 6.07) is 22.6. The zero-order valence-electron chi connectivity index (χ0n) is 15.7. The van der Waals surface area contributed by atoms with E-state index in [-0.39, 0.29) is 11.3 Å². The van der Waals surface area contributed by atoms with Crippen molar-refractivity contribution in [1.82, 2.24) is 14.5 Å². The Morgan fingerprint density at radius 1 is 1.00 bits per heavy atom. The maximum atomic E-state index is 12.7. The number of anilines is 1. The molecule has 0 aliphatic rings. The molecule has 144 valence electrons. The molecule has 0 aliphatic carbocycles. The van der Waals surface area contributed by atoms with E-state index >= 15 is 0 Å². The molecule has 5 rings (SSSR count). The number of nitriles is 1. The molecule has 2 aromatic carbocycles. The van der Waals surface area contributed by atoms with Crippen molar-refractivity contribution in [2.45, 2.75) is 6.54 Å². The smallest absolute Gasteiger partial charge is 0.292 e. The van der Waals surface area contributed by atoms with Crippen molar-refractivity contribution in [3.05, 3.63) is 89.9 Å². The van der Waals surface area contributed by atoms with E-state index in [1.807, 2.05) is 59.2 Å². The van der Waals surface area contributed by atoms with Crippen LogP contribution in [0.1, 0.15) is 21.7 Å². The van der Waals surface area contributed by atoms with E-state index in [2.05, 4.69) is 16.4 Å². The van der Waals surface area contributed by atoms with Gasteiger partial charge in [-0.05, 0) is 29.8 Å². The van der Waals surface area contributed by atoms with Crippen molar-refractivity contribution in [2.75, 3.05) is 5.32 Å². The van der Waals surface area contributed by atoms with Gasteiger partial charge in [-0.1, -0.05) is 42.5 Å². The van der Waals surface area contributed by atoms with Crippen LogP contribution >= 0.6 is 0 Å². The number of amides is 1. The molecule has 0 spiro atoms. The minimum Gasteiger partial charge on any atom is -0.459 e. The van der Waals surface area contributed by atoms with Gasteiger partial charge in [0.1, 0.15) is 23.0 Å². The van der Waals surface area contributed by atoms with Crippen molar-refractivity contribution in [1.29, 1.82) is 5.26 Å². The number of carbonyl (C=O) groups excluding carboxylic acids is 1. The third-order valence-corrected chi connectivity index (χ3v) is 4.82. The van der Waals surface area contributed by atoms with Crippen LogP contribution in [0.5, 0.6) is 0 Å². The van der Waals surface area contributed by atoms with Gasteiger partial charge in [0.15, 0.2) is 11.4 Å². The molecule has 0 saturated carbocycles. The van der Waals surface area contributed by atoms with E-state index in [1.54, 1.807) is 12.1 Å². The second-order valence-electron chi connectivity index (χ2n) is 6.72. The Kier molecular flexibility index (Phi) is 4.23. The van der Waals surface area contributed by atoms with Gasteiger partial charge < -0.3 is 14.3 Å². The highest BCUT2D eigenvalue weighted by atomic mass is 16.3. The second kappa shape index (κ2) is 7.18. The minimum atomic E-state index is -0.446. The lowest BCUT2D eigenvalue weighted by molar-refractivity contribution is 0.0996. The first-order chi connectivity index (χ1) is 14.7. The van der Waals surface area contributed by atoms with Gasteiger partial charge in [0.2, 0.25) is 0 Å². The van der Waals surface area contributed by atoms with Crippen LogP contribution in [0.2, 0.25) is 0 Å². The molecular weight excluding hydrogens is 378 g/mol. The summed E-state index contributed by atoms with van der Waals surface area (Å²) in [6.45, 7) is 0.416. The molecule has 0 fully saturated rings. The molecule has 1 amide bonds. The normalized spacial score (nSPS) is 10.9. The summed E-state index contributed by atoms with van der Waals surface area (Å²) in [7, 11) is 0. The van der Waals surface area contributed by atoms with Crippen LogP contribution in [0.15, 0.2) is 77.4 Å². The average molecular weight is 393 g/mol. The summed E-state index contributed by atoms with van der Waals surface area (Å²) in [5, 5.41) is 12.7. The van der Waals surface area contributed by atoms with E-state index in [0.717, 1.165) is 5.56 Å². The number of carbonyl (C=O) groups is 1. The first-order valence-electron chi connectivity index (χ1n) is 9.32. The zero-order valence-corrected chi connectivity index (χ0v) is 15.7. The Labute approximate surface area is 171 Å². The Balaban J connectivity index is 1.74. The number of hydrogen-bond donors (Lipinski definition) is 1. The van der Waals surface area contributed by atoms with E-state index in [0.29, 0.717) is 34.6 Å². The van der Waals surface area contributed by atoms with Gasteiger partial charge in [0.05, 0.1) is 23.8 Å². The fourth-order valence-electron chi connectivity index (χ4n) is 3.43. The minimum absolute atomic E-state index is 0.154. The first kappa shape index (κ1) is 17.6. The van der Waals surface area contributed by atoms with E-state index < -0.39 is 5.91 Å². The van der Waals surface area contributed by atoms with Gasteiger partial charge in [-0.15, -0.1) is 0 Å². The third-order valence-electron chi connectivity index (χ3n) is 4.82. The van der Waals surface area contributed by atoms with Crippen molar-refractivity contribution >= 4 is 33.9 Å². The second-order valence-corrected chi connectivity index (χ2v) is 6.72. The fraction of sp³-hybridized carbons (Fsp3) is 0.0435. The van der Waals surface area contributed by atoms with Crippen LogP contribution < -0.4 is 5.32 Å². The standard InChI is InChI=1S/C23H15N5O2/c24-13-16-20-22(26-18-10-5-4-9-17(18)25-20)28(14-15-7-2-1-3-8-15)21(16)27-23(29)19-11-6-12-30-19/h1-12H,14H2,(H,27,29). The lowest BCUT2D eigenvalue weighted by atomic mass is 10.2. The molecule has 0 bridgehead atoms. The summed E-state index contributed by atoms with van der Waals surface area (Å²) >= 11 is 0. The molecule has 0 atom stereocenters. The maximum Gasteiger partial charge on any atom is 0.292 e. The summed E-state index contributed by atoms with van der Waals surface area (Å²) in [5.41, 5.74) is 3.64. The number of furan rings is 1. The SMILES string of the molecule is N#Cc1c(NC(=O)c2ccco2)n(Cc2ccccc2)c2nc3ccccc3nc12. The van der Waals surface area contributed by atoms with Crippen LogP contribution in [0.25, 0.3) is 22.2 Å². The number of rotatable bonds is 4. The van der Waals surface area contributed by atoms with E-state index in [9.17, 15) is 10.1 Å². The van der Waals surface area contributed by atoms with Crippen molar-refractivity contribution in [3.63, 3.8) is 0 Å². The first-order valence-corrected chi connectivity index (χ1v) is 9.32. The highest BCUT2D eigenvalue weighted by Gasteiger charge is 2.23. The molecule has 0 unspecified atom stereocenters. The summed E-state index contributed by atoms with van der Waals surface area (Å²) in [5.74, 6) is 0.0488. The van der Waals surface area contributed by atoms with Crippen LogP contribution in [-0.4, -0.2) is 20.4 Å². The predicted molar refractivity (Wildman–Crippen MR) is 112 cm³/mol. The molecule has 5 aromatic rings. The van der Waals surface area contributed by atoms with Crippen LogP contribution in [0, 0.1) is 11.3 Å². The Morgan fingerprint density at radius 2 is 1.73 bits per heavy atom. The van der Waals surface area contributed by atoms with Crippen LogP contribution in [0.4, 0.5) is 5.82 Å². The lowest BCUT2D eigenvalue weighted by Crippen LogP contribution is -2.16. The number of nitrogens with one attached hydrogen (secondary N) is 1. The molecule has 0 radical (unpaired) electrons. The predicted octanol–water partition coefficient (Wildman–Crippen LogP) is 4.35.